The summed E-state index contributed by atoms with van der Waals surface area (Å²) in [5.74, 6) is 1.10. The third-order valence-corrected chi connectivity index (χ3v) is 5.11. The van der Waals surface area contributed by atoms with E-state index in [9.17, 15) is 9.59 Å². The van der Waals surface area contributed by atoms with Crippen LogP contribution in [0.2, 0.25) is 0 Å². The van der Waals surface area contributed by atoms with Gasteiger partial charge >= 0.3 is 6.09 Å². The average molecular weight is 324 g/mol. The van der Waals surface area contributed by atoms with E-state index in [0.717, 1.165) is 12.8 Å². The molecule has 4 rings (SSSR count). The van der Waals surface area contributed by atoms with Gasteiger partial charge in [0.05, 0.1) is 13.1 Å². The van der Waals surface area contributed by atoms with Crippen molar-refractivity contribution < 1.29 is 23.8 Å². The Kier molecular flexibility index (Phi) is 3.14. The molecule has 2 fully saturated rings. The fourth-order valence-corrected chi connectivity index (χ4v) is 4.05. The summed E-state index contributed by atoms with van der Waals surface area (Å²) in [6, 6.07) is 0. The first-order valence-corrected chi connectivity index (χ1v) is 8.18. The van der Waals surface area contributed by atoms with Crippen molar-refractivity contribution in [3.63, 3.8) is 0 Å². The predicted octanol–water partition coefficient (Wildman–Crippen LogP) is 1.23. The molecule has 0 aliphatic carbocycles. The van der Waals surface area contributed by atoms with Crippen molar-refractivity contribution in [3.8, 4) is 11.5 Å². The third kappa shape index (κ3) is 2.18. The van der Waals surface area contributed by atoms with Crippen molar-refractivity contribution in [2.45, 2.75) is 18.4 Å². The van der Waals surface area contributed by atoms with Crippen molar-refractivity contribution in [2.24, 2.45) is 0 Å². The number of carbonyl (C=O) groups is 2. The number of fused-ring (bicyclic) bond motifs is 1. The summed E-state index contributed by atoms with van der Waals surface area (Å²) in [7, 11) is 0. The highest BCUT2D eigenvalue weighted by Gasteiger charge is 2.45. The smallest absolute Gasteiger partial charge is 0.407 e. The number of likely N-dealkylation sites (tertiary alicyclic amines) is 1. The molecule has 3 aliphatic rings. The molecular formula is C14H16N2O5S. The number of hydrogen-bond acceptors (Lipinski definition) is 6. The Morgan fingerprint density at radius 3 is 3.05 bits per heavy atom. The number of thiophene rings is 1. The predicted molar refractivity (Wildman–Crippen MR) is 77.7 cm³/mol. The van der Waals surface area contributed by atoms with Crippen LogP contribution in [0.15, 0.2) is 5.38 Å². The fourth-order valence-electron chi connectivity index (χ4n) is 3.16. The Morgan fingerprint density at radius 1 is 1.36 bits per heavy atom. The minimum absolute atomic E-state index is 0.0845. The minimum atomic E-state index is -0.584. The van der Waals surface area contributed by atoms with Gasteiger partial charge in [-0.05, 0) is 12.8 Å². The first-order valence-electron chi connectivity index (χ1n) is 7.30. The summed E-state index contributed by atoms with van der Waals surface area (Å²) < 4.78 is 16.5. The quantitative estimate of drug-likeness (QED) is 0.841. The lowest BCUT2D eigenvalue weighted by atomic mass is 9.93. The van der Waals surface area contributed by atoms with E-state index in [1.165, 1.54) is 11.3 Å². The van der Waals surface area contributed by atoms with Crippen LogP contribution in [0.5, 0.6) is 11.5 Å². The van der Waals surface area contributed by atoms with E-state index >= 15 is 0 Å². The van der Waals surface area contributed by atoms with Gasteiger partial charge in [-0.3, -0.25) is 4.79 Å². The van der Waals surface area contributed by atoms with Gasteiger partial charge < -0.3 is 24.4 Å². The second-order valence-electron chi connectivity index (χ2n) is 5.71. The summed E-state index contributed by atoms with van der Waals surface area (Å²) in [5, 5.41) is 4.49. The molecule has 4 heterocycles. The first-order chi connectivity index (χ1) is 10.7. The molecule has 7 nitrogen and oxygen atoms in total. The summed E-state index contributed by atoms with van der Waals surface area (Å²) in [6.07, 6.45) is 1.18. The molecule has 8 heteroatoms. The molecule has 0 bridgehead atoms. The molecule has 0 aromatic carbocycles. The average Bonchev–Trinajstić information content (AvgIpc) is 3.11. The molecule has 1 spiro atoms. The lowest BCUT2D eigenvalue weighted by Gasteiger charge is -2.38. The summed E-state index contributed by atoms with van der Waals surface area (Å²) in [6.45, 7) is 2.49. The van der Waals surface area contributed by atoms with Crippen LogP contribution in [0, 0.1) is 0 Å². The SMILES string of the molecule is O=C1NCC2(CCCN(C(=O)c3scc4c3OCCO4)C2)O1. The van der Waals surface area contributed by atoms with Crippen LogP contribution >= 0.6 is 11.3 Å². The maximum atomic E-state index is 12.8. The standard InChI is InChI=1S/C14H16N2O5S/c17-12(11-10-9(6-22-11)19-4-5-20-10)16-3-1-2-14(8-16)7-15-13(18)21-14/h6H,1-5,7-8H2,(H,15,18). The van der Waals surface area contributed by atoms with Crippen LogP contribution < -0.4 is 14.8 Å². The monoisotopic (exact) mass is 324 g/mol. The first kappa shape index (κ1) is 13.7. The van der Waals surface area contributed by atoms with Crippen molar-refractivity contribution in [2.75, 3.05) is 32.8 Å². The van der Waals surface area contributed by atoms with Crippen LogP contribution in [0.4, 0.5) is 4.79 Å². The molecular weight excluding hydrogens is 308 g/mol. The Hall–Kier alpha value is -1.96. The maximum Gasteiger partial charge on any atom is 0.407 e. The third-order valence-electron chi connectivity index (χ3n) is 4.19. The molecule has 1 atom stereocenters. The highest BCUT2D eigenvalue weighted by atomic mass is 32.1. The van der Waals surface area contributed by atoms with Crippen molar-refractivity contribution >= 4 is 23.3 Å². The van der Waals surface area contributed by atoms with Crippen LogP contribution in [0.3, 0.4) is 0 Å². The zero-order chi connectivity index (χ0) is 15.2. The largest absolute Gasteiger partial charge is 0.485 e. The van der Waals surface area contributed by atoms with Crippen LogP contribution in [-0.2, 0) is 4.74 Å². The number of rotatable bonds is 1. The number of alkyl carbamates (subject to hydrolysis) is 1. The highest BCUT2D eigenvalue weighted by Crippen LogP contribution is 2.40. The molecule has 0 radical (unpaired) electrons. The Bertz CT molecular complexity index is 631. The lowest BCUT2D eigenvalue weighted by Crippen LogP contribution is -2.52. The molecule has 1 N–H and O–H groups in total. The molecule has 0 saturated carbocycles. The van der Waals surface area contributed by atoms with E-state index in [0.29, 0.717) is 49.2 Å². The normalized spacial score (nSPS) is 26.7. The Balaban J connectivity index is 1.55. The number of amides is 2. The summed E-state index contributed by atoms with van der Waals surface area (Å²) >= 11 is 1.33. The van der Waals surface area contributed by atoms with Crippen molar-refractivity contribution in [1.29, 1.82) is 0 Å². The van der Waals surface area contributed by atoms with Gasteiger partial charge in [0, 0.05) is 11.9 Å². The maximum absolute atomic E-state index is 12.8. The van der Waals surface area contributed by atoms with E-state index in [1.807, 2.05) is 0 Å². The number of nitrogens with one attached hydrogen (secondary N) is 1. The number of ether oxygens (including phenoxy) is 3. The van der Waals surface area contributed by atoms with Crippen molar-refractivity contribution in [3.05, 3.63) is 10.3 Å². The second kappa shape index (κ2) is 5.05. The Morgan fingerprint density at radius 2 is 2.23 bits per heavy atom. The van der Waals surface area contributed by atoms with Gasteiger partial charge in [-0.15, -0.1) is 11.3 Å². The molecule has 1 unspecified atom stereocenters. The van der Waals surface area contributed by atoms with Gasteiger partial charge in [-0.25, -0.2) is 4.79 Å². The summed E-state index contributed by atoms with van der Waals surface area (Å²) in [5.41, 5.74) is -0.584. The fraction of sp³-hybridized carbons (Fsp3) is 0.571. The molecule has 22 heavy (non-hydrogen) atoms. The van der Waals surface area contributed by atoms with Crippen molar-refractivity contribution in [1.82, 2.24) is 10.2 Å². The lowest BCUT2D eigenvalue weighted by molar-refractivity contribution is -0.00504. The number of carbonyl (C=O) groups excluding carboxylic acids is 2. The van der Waals surface area contributed by atoms with Gasteiger partial charge in [0.1, 0.15) is 23.7 Å². The van der Waals surface area contributed by atoms with Gasteiger partial charge in [0.25, 0.3) is 5.91 Å². The Labute approximate surface area is 131 Å². The van der Waals surface area contributed by atoms with E-state index in [1.54, 1.807) is 10.3 Å². The topological polar surface area (TPSA) is 77.1 Å². The molecule has 118 valence electrons. The van der Waals surface area contributed by atoms with E-state index < -0.39 is 11.7 Å². The second-order valence-corrected chi connectivity index (χ2v) is 6.59. The van der Waals surface area contributed by atoms with Gasteiger partial charge in [-0.1, -0.05) is 0 Å². The molecule has 1 aromatic rings. The zero-order valence-electron chi connectivity index (χ0n) is 11.9. The van der Waals surface area contributed by atoms with E-state index in [2.05, 4.69) is 5.32 Å². The van der Waals surface area contributed by atoms with E-state index in [4.69, 9.17) is 14.2 Å². The number of hydrogen-bond donors (Lipinski definition) is 1. The number of nitrogens with zero attached hydrogens (tertiary/aromatic N) is 1. The van der Waals surface area contributed by atoms with Gasteiger partial charge in [-0.2, -0.15) is 0 Å². The van der Waals surface area contributed by atoms with Crippen LogP contribution in [-0.4, -0.2) is 55.3 Å². The van der Waals surface area contributed by atoms with Gasteiger partial charge in [0.2, 0.25) is 0 Å². The minimum Gasteiger partial charge on any atom is -0.485 e. The van der Waals surface area contributed by atoms with E-state index in [-0.39, 0.29) is 5.91 Å². The molecule has 2 saturated heterocycles. The highest BCUT2D eigenvalue weighted by molar-refractivity contribution is 7.12. The molecule has 3 aliphatic heterocycles. The molecule has 2 amide bonds. The summed E-state index contributed by atoms with van der Waals surface area (Å²) in [4.78, 5) is 26.4. The zero-order valence-corrected chi connectivity index (χ0v) is 12.7. The van der Waals surface area contributed by atoms with Gasteiger partial charge in [0.15, 0.2) is 11.5 Å². The molecule has 1 aromatic heterocycles. The van der Waals surface area contributed by atoms with Crippen LogP contribution in [0.25, 0.3) is 0 Å². The van der Waals surface area contributed by atoms with Crippen LogP contribution in [0.1, 0.15) is 22.5 Å². The number of piperidine rings is 1.